The summed E-state index contributed by atoms with van der Waals surface area (Å²) in [7, 11) is 1.62. The van der Waals surface area contributed by atoms with Crippen LogP contribution in [0.3, 0.4) is 0 Å². The van der Waals surface area contributed by atoms with Crippen LogP contribution in [0, 0.1) is 19.1 Å². The number of hydrogen-bond acceptors (Lipinski definition) is 1. The number of rotatable bonds is 1. The molecule has 0 unspecified atom stereocenters. The second-order valence-electron chi connectivity index (χ2n) is 1.83. The molecule has 0 spiro atoms. The van der Waals surface area contributed by atoms with E-state index < -0.39 is 0 Å². The van der Waals surface area contributed by atoms with Gasteiger partial charge in [0.25, 0.3) is 0 Å². The van der Waals surface area contributed by atoms with Gasteiger partial charge in [-0.05, 0) is 0 Å². The van der Waals surface area contributed by atoms with Gasteiger partial charge in [0, 0.05) is 65.4 Å². The summed E-state index contributed by atoms with van der Waals surface area (Å²) in [5.74, 6) is 0.737. The number of aryl methyl sites for hydroxylation is 1. The number of benzene rings is 1. The van der Waals surface area contributed by atoms with Crippen LogP contribution < -0.4 is 4.74 Å². The minimum atomic E-state index is 0. The third-order valence-corrected chi connectivity index (χ3v) is 1.08. The van der Waals surface area contributed by atoms with Crippen LogP contribution in [0.1, 0.15) is 5.56 Å². The Morgan fingerprint density at radius 3 is 2.18 bits per heavy atom. The van der Waals surface area contributed by atoms with E-state index in [1.54, 1.807) is 13.2 Å². The summed E-state index contributed by atoms with van der Waals surface area (Å²) in [4.78, 5) is 0. The first kappa shape index (κ1) is 14.7. The molecule has 0 atom stereocenters. The molecule has 1 aromatic carbocycles. The molecule has 11 heavy (non-hydrogen) atoms. The Morgan fingerprint density at radius 1 is 1.18 bits per heavy atom. The summed E-state index contributed by atoms with van der Waals surface area (Å²) >= 11 is 0. The first-order valence-electron chi connectivity index (χ1n) is 2.77. The second kappa shape index (κ2) is 7.86. The van der Waals surface area contributed by atoms with Crippen molar-refractivity contribution in [2.24, 2.45) is 0 Å². The van der Waals surface area contributed by atoms with Crippen molar-refractivity contribution in [1.82, 2.24) is 0 Å². The normalized spacial score (nSPS) is 7.45. The molecular formula is C8H8OY2-2. The van der Waals surface area contributed by atoms with Gasteiger partial charge in [-0.15, -0.1) is 12.7 Å². The van der Waals surface area contributed by atoms with Crippen LogP contribution in [-0.2, 0) is 65.4 Å². The van der Waals surface area contributed by atoms with Gasteiger partial charge in [0.05, 0.1) is 7.11 Å². The van der Waals surface area contributed by atoms with Crippen molar-refractivity contribution >= 4 is 0 Å². The summed E-state index contributed by atoms with van der Waals surface area (Å²) in [6.45, 7) is 1.97. The maximum atomic E-state index is 4.88. The van der Waals surface area contributed by atoms with Crippen molar-refractivity contribution in [1.29, 1.82) is 0 Å². The fourth-order valence-electron chi connectivity index (χ4n) is 0.560. The molecule has 0 aromatic heterocycles. The van der Waals surface area contributed by atoms with Gasteiger partial charge in [-0.1, -0.05) is 0 Å². The molecule has 54 valence electrons. The van der Waals surface area contributed by atoms with E-state index in [1.807, 2.05) is 13.0 Å². The van der Waals surface area contributed by atoms with E-state index in [9.17, 15) is 0 Å². The molecule has 0 saturated heterocycles. The zero-order chi connectivity index (χ0) is 6.69. The molecular weight excluding hydrogens is 290 g/mol. The van der Waals surface area contributed by atoms with Gasteiger partial charge in [0.15, 0.2) is 0 Å². The van der Waals surface area contributed by atoms with E-state index in [2.05, 4.69) is 12.1 Å². The molecule has 0 fully saturated rings. The van der Waals surface area contributed by atoms with Crippen molar-refractivity contribution in [3.8, 4) is 5.75 Å². The molecule has 0 saturated carbocycles. The molecule has 3 heteroatoms. The molecule has 2 radical (unpaired) electrons. The van der Waals surface area contributed by atoms with Crippen LogP contribution >= 0.6 is 0 Å². The summed E-state index contributed by atoms with van der Waals surface area (Å²) in [5.41, 5.74) is 1.08. The van der Waals surface area contributed by atoms with Gasteiger partial charge >= 0.3 is 0 Å². The Morgan fingerprint density at radius 2 is 1.82 bits per heavy atom. The van der Waals surface area contributed by atoms with Crippen molar-refractivity contribution in [2.75, 3.05) is 7.11 Å². The van der Waals surface area contributed by atoms with E-state index in [4.69, 9.17) is 4.74 Å². The Bertz CT molecular complexity index is 184. The van der Waals surface area contributed by atoms with Crippen molar-refractivity contribution in [3.63, 3.8) is 0 Å². The molecule has 0 aliphatic heterocycles. The molecule has 0 bridgehead atoms. The van der Waals surface area contributed by atoms with Gasteiger partial charge in [0.1, 0.15) is 0 Å². The Balaban J connectivity index is 0. The molecule has 0 amide bonds. The third kappa shape index (κ3) is 5.46. The van der Waals surface area contributed by atoms with Crippen molar-refractivity contribution in [3.05, 3.63) is 29.8 Å². The second-order valence-corrected chi connectivity index (χ2v) is 1.83. The largest absolute Gasteiger partial charge is 0.579 e. The summed E-state index contributed by atoms with van der Waals surface area (Å²) in [6.07, 6.45) is 0. The Hall–Kier alpha value is 1.23. The van der Waals surface area contributed by atoms with E-state index in [0.717, 1.165) is 11.3 Å². The predicted octanol–water partition coefficient (Wildman–Crippen LogP) is 1.60. The van der Waals surface area contributed by atoms with E-state index >= 15 is 0 Å². The third-order valence-electron chi connectivity index (χ3n) is 1.08. The summed E-state index contributed by atoms with van der Waals surface area (Å²) in [5, 5.41) is 0. The van der Waals surface area contributed by atoms with Crippen LogP contribution in [0.2, 0.25) is 0 Å². The monoisotopic (exact) mass is 298 g/mol. The quantitative estimate of drug-likeness (QED) is 0.716. The molecule has 1 nitrogen and oxygen atoms in total. The number of ether oxygens (including phenoxy) is 1. The minimum Gasteiger partial charge on any atom is -0.579 e. The van der Waals surface area contributed by atoms with Gasteiger partial charge in [-0.2, -0.15) is 0 Å². The maximum Gasteiger partial charge on any atom is 0.0575 e. The first-order chi connectivity index (χ1) is 4.33. The maximum absolute atomic E-state index is 4.88. The zero-order valence-corrected chi connectivity index (χ0v) is 12.4. The van der Waals surface area contributed by atoms with Gasteiger partial charge in [-0.25, -0.2) is 6.07 Å². The SMILES string of the molecule is COc1[c-]cc(C)[c-]c1.[Y].[Y]. The van der Waals surface area contributed by atoms with Crippen LogP contribution in [0.4, 0.5) is 0 Å². The zero-order valence-electron chi connectivity index (χ0n) is 6.72. The average molecular weight is 298 g/mol. The molecule has 0 aliphatic carbocycles. The summed E-state index contributed by atoms with van der Waals surface area (Å²) < 4.78 is 4.88. The van der Waals surface area contributed by atoms with Gasteiger partial charge in [-0.3, -0.25) is 17.7 Å². The fraction of sp³-hybridized carbons (Fsp3) is 0.250. The van der Waals surface area contributed by atoms with Gasteiger partial charge < -0.3 is 10.8 Å². The van der Waals surface area contributed by atoms with Gasteiger partial charge in [0.2, 0.25) is 0 Å². The summed E-state index contributed by atoms with van der Waals surface area (Å²) in [6, 6.07) is 9.55. The molecule has 1 aromatic rings. The molecule has 0 N–H and O–H groups in total. The number of methoxy groups -OCH3 is 1. The predicted molar refractivity (Wildman–Crippen MR) is 35.4 cm³/mol. The van der Waals surface area contributed by atoms with E-state index in [0.29, 0.717) is 0 Å². The van der Waals surface area contributed by atoms with Crippen molar-refractivity contribution in [2.45, 2.75) is 6.92 Å². The van der Waals surface area contributed by atoms with Crippen LogP contribution in [0.15, 0.2) is 12.1 Å². The topological polar surface area (TPSA) is 9.23 Å². The standard InChI is InChI=1S/C8H8O.2Y/c1-7-3-5-8(9-2)6-4-7;;/h3,6H,1-2H3;;/q-2;;. The van der Waals surface area contributed by atoms with E-state index in [-0.39, 0.29) is 65.4 Å². The molecule has 0 aliphatic rings. The smallest absolute Gasteiger partial charge is 0.0575 e. The van der Waals surface area contributed by atoms with E-state index in [1.165, 1.54) is 0 Å². The molecule has 1 rings (SSSR count). The van der Waals surface area contributed by atoms with Crippen molar-refractivity contribution < 1.29 is 70.2 Å². The Kier molecular flexibility index (Phi) is 10.5. The first-order valence-corrected chi connectivity index (χ1v) is 2.77. The van der Waals surface area contributed by atoms with Crippen LogP contribution in [0.25, 0.3) is 0 Å². The van der Waals surface area contributed by atoms with Crippen LogP contribution in [0.5, 0.6) is 5.75 Å². The minimum absolute atomic E-state index is 0. The average Bonchev–Trinajstić information content (AvgIpc) is 1.90. The molecule has 0 heterocycles. The Labute approximate surface area is 118 Å². The number of hydrogen-bond donors (Lipinski definition) is 0. The fourth-order valence-corrected chi connectivity index (χ4v) is 0.560. The van der Waals surface area contributed by atoms with Crippen LogP contribution in [-0.4, -0.2) is 7.11 Å².